The lowest BCUT2D eigenvalue weighted by Crippen LogP contribution is -2.26. The number of aliphatic hydroxyl groups is 1. The quantitative estimate of drug-likeness (QED) is 0.512. The van der Waals surface area contributed by atoms with Gasteiger partial charge in [-0.3, -0.25) is 4.79 Å². The monoisotopic (exact) mass is 272 g/mol. The van der Waals surface area contributed by atoms with E-state index in [0.717, 1.165) is 0 Å². The summed E-state index contributed by atoms with van der Waals surface area (Å²) in [4.78, 5) is 11.8. The SMILES string of the molecule is Nc1cc(Cl)ccc1C(=O)NCCCOCCO. The van der Waals surface area contributed by atoms with E-state index in [9.17, 15) is 4.79 Å². The molecule has 18 heavy (non-hydrogen) atoms. The van der Waals surface area contributed by atoms with E-state index < -0.39 is 0 Å². The van der Waals surface area contributed by atoms with Crippen LogP contribution in [0.15, 0.2) is 18.2 Å². The molecule has 1 rings (SSSR count). The third-order valence-electron chi connectivity index (χ3n) is 2.24. The molecule has 0 unspecified atom stereocenters. The lowest BCUT2D eigenvalue weighted by atomic mass is 10.1. The summed E-state index contributed by atoms with van der Waals surface area (Å²) in [6, 6.07) is 4.76. The number of halogens is 1. The zero-order chi connectivity index (χ0) is 13.4. The van der Waals surface area contributed by atoms with E-state index in [-0.39, 0.29) is 12.5 Å². The van der Waals surface area contributed by atoms with Crippen LogP contribution in [0.2, 0.25) is 5.02 Å². The van der Waals surface area contributed by atoms with Crippen LogP contribution >= 0.6 is 11.6 Å². The molecule has 0 aromatic heterocycles. The molecule has 1 aromatic carbocycles. The van der Waals surface area contributed by atoms with Crippen molar-refractivity contribution >= 4 is 23.2 Å². The first kappa shape index (κ1) is 14.8. The number of aliphatic hydroxyl groups excluding tert-OH is 1. The van der Waals surface area contributed by atoms with Crippen molar-refractivity contribution in [1.82, 2.24) is 5.32 Å². The van der Waals surface area contributed by atoms with Crippen molar-refractivity contribution < 1.29 is 14.6 Å². The number of rotatable bonds is 7. The second kappa shape index (κ2) is 7.92. The third kappa shape index (κ3) is 4.91. The molecular formula is C12H17ClN2O3. The number of benzene rings is 1. The average Bonchev–Trinajstić information content (AvgIpc) is 2.33. The summed E-state index contributed by atoms with van der Waals surface area (Å²) in [6.07, 6.45) is 0.680. The van der Waals surface area contributed by atoms with Crippen LogP contribution in [-0.4, -0.2) is 37.4 Å². The number of anilines is 1. The molecule has 5 nitrogen and oxygen atoms in total. The molecule has 6 heteroatoms. The van der Waals surface area contributed by atoms with Crippen molar-refractivity contribution in [3.8, 4) is 0 Å². The average molecular weight is 273 g/mol. The molecular weight excluding hydrogens is 256 g/mol. The fourth-order valence-corrected chi connectivity index (χ4v) is 1.56. The van der Waals surface area contributed by atoms with Crippen LogP contribution in [0.3, 0.4) is 0 Å². The maximum atomic E-state index is 11.8. The standard InChI is InChI=1S/C12H17ClN2O3/c13-9-2-3-10(11(14)8-9)12(17)15-4-1-6-18-7-5-16/h2-3,8,16H,1,4-7,14H2,(H,15,17). The van der Waals surface area contributed by atoms with E-state index in [1.54, 1.807) is 18.2 Å². The van der Waals surface area contributed by atoms with Crippen LogP contribution in [0.1, 0.15) is 16.8 Å². The van der Waals surface area contributed by atoms with Crippen molar-refractivity contribution in [2.75, 3.05) is 32.1 Å². The molecule has 100 valence electrons. The number of hydrogen-bond donors (Lipinski definition) is 3. The topological polar surface area (TPSA) is 84.6 Å². The summed E-state index contributed by atoms with van der Waals surface area (Å²) in [5, 5.41) is 11.7. The Balaban J connectivity index is 2.32. The molecule has 0 bridgehead atoms. The molecule has 0 spiro atoms. The maximum absolute atomic E-state index is 11.8. The highest BCUT2D eigenvalue weighted by atomic mass is 35.5. The van der Waals surface area contributed by atoms with Crippen molar-refractivity contribution in [2.24, 2.45) is 0 Å². The Labute approximate surface area is 111 Å². The van der Waals surface area contributed by atoms with E-state index in [1.165, 1.54) is 0 Å². The molecule has 0 aliphatic rings. The largest absolute Gasteiger partial charge is 0.398 e. The summed E-state index contributed by atoms with van der Waals surface area (Å²) >= 11 is 5.75. The van der Waals surface area contributed by atoms with Gasteiger partial charge in [0, 0.05) is 23.9 Å². The molecule has 4 N–H and O–H groups in total. The molecule has 0 aliphatic heterocycles. The molecule has 1 aromatic rings. The van der Waals surface area contributed by atoms with Crippen molar-refractivity contribution in [3.63, 3.8) is 0 Å². The van der Waals surface area contributed by atoms with Gasteiger partial charge < -0.3 is 20.9 Å². The van der Waals surface area contributed by atoms with Gasteiger partial charge in [-0.05, 0) is 24.6 Å². The lowest BCUT2D eigenvalue weighted by Gasteiger charge is -2.08. The van der Waals surface area contributed by atoms with Crippen molar-refractivity contribution in [1.29, 1.82) is 0 Å². The molecule has 1 amide bonds. The smallest absolute Gasteiger partial charge is 0.253 e. The molecule has 0 saturated carbocycles. The van der Waals surface area contributed by atoms with E-state index in [0.29, 0.717) is 42.5 Å². The van der Waals surface area contributed by atoms with Gasteiger partial charge in [0.1, 0.15) is 0 Å². The zero-order valence-electron chi connectivity index (χ0n) is 9.99. The molecule has 0 radical (unpaired) electrons. The van der Waals surface area contributed by atoms with Gasteiger partial charge in [-0.1, -0.05) is 11.6 Å². The highest BCUT2D eigenvalue weighted by Gasteiger charge is 2.08. The number of ether oxygens (including phenoxy) is 1. The summed E-state index contributed by atoms with van der Waals surface area (Å²) in [5.41, 5.74) is 6.47. The number of carbonyl (C=O) groups is 1. The first-order valence-corrected chi connectivity index (χ1v) is 6.04. The second-order valence-corrected chi connectivity index (χ2v) is 4.11. The predicted octanol–water partition coefficient (Wildman–Crippen LogP) is 1.05. The van der Waals surface area contributed by atoms with Crippen LogP contribution in [0.4, 0.5) is 5.69 Å². The zero-order valence-corrected chi connectivity index (χ0v) is 10.7. The fourth-order valence-electron chi connectivity index (χ4n) is 1.38. The Kier molecular flexibility index (Phi) is 6.49. The molecule has 0 saturated heterocycles. The summed E-state index contributed by atoms with van der Waals surface area (Å²) in [7, 11) is 0. The van der Waals surface area contributed by atoms with Gasteiger partial charge in [0.05, 0.1) is 18.8 Å². The van der Waals surface area contributed by atoms with Gasteiger partial charge in [0.15, 0.2) is 0 Å². The van der Waals surface area contributed by atoms with Crippen LogP contribution in [0, 0.1) is 0 Å². The van der Waals surface area contributed by atoms with E-state index in [1.807, 2.05) is 0 Å². The number of nitrogen functional groups attached to an aromatic ring is 1. The third-order valence-corrected chi connectivity index (χ3v) is 2.48. The Hall–Kier alpha value is -1.30. The Morgan fingerprint density at radius 1 is 1.44 bits per heavy atom. The Morgan fingerprint density at radius 3 is 2.89 bits per heavy atom. The molecule has 0 atom stereocenters. The van der Waals surface area contributed by atoms with Gasteiger partial charge in [-0.2, -0.15) is 0 Å². The van der Waals surface area contributed by atoms with Gasteiger partial charge >= 0.3 is 0 Å². The minimum Gasteiger partial charge on any atom is -0.398 e. The number of nitrogens with one attached hydrogen (secondary N) is 1. The normalized spacial score (nSPS) is 10.3. The van der Waals surface area contributed by atoms with Crippen LogP contribution in [0.5, 0.6) is 0 Å². The van der Waals surface area contributed by atoms with Crippen LogP contribution < -0.4 is 11.1 Å². The van der Waals surface area contributed by atoms with E-state index in [4.69, 9.17) is 27.2 Å². The fraction of sp³-hybridized carbons (Fsp3) is 0.417. The minimum absolute atomic E-state index is 0.00761. The van der Waals surface area contributed by atoms with E-state index >= 15 is 0 Å². The number of amides is 1. The minimum atomic E-state index is -0.230. The summed E-state index contributed by atoms with van der Waals surface area (Å²) < 4.78 is 5.07. The van der Waals surface area contributed by atoms with Gasteiger partial charge in [-0.25, -0.2) is 0 Å². The summed E-state index contributed by atoms with van der Waals surface area (Å²) in [5.74, 6) is -0.230. The van der Waals surface area contributed by atoms with E-state index in [2.05, 4.69) is 5.32 Å². The number of hydrogen-bond acceptors (Lipinski definition) is 4. The van der Waals surface area contributed by atoms with Crippen molar-refractivity contribution in [2.45, 2.75) is 6.42 Å². The lowest BCUT2D eigenvalue weighted by molar-refractivity contribution is 0.0868. The molecule has 0 aliphatic carbocycles. The second-order valence-electron chi connectivity index (χ2n) is 3.68. The van der Waals surface area contributed by atoms with Crippen LogP contribution in [-0.2, 0) is 4.74 Å². The predicted molar refractivity (Wildman–Crippen MR) is 70.7 cm³/mol. The Bertz CT molecular complexity index is 399. The first-order chi connectivity index (χ1) is 8.65. The number of nitrogens with two attached hydrogens (primary N) is 1. The van der Waals surface area contributed by atoms with Crippen LogP contribution in [0.25, 0.3) is 0 Å². The highest BCUT2D eigenvalue weighted by Crippen LogP contribution is 2.17. The van der Waals surface area contributed by atoms with Crippen molar-refractivity contribution in [3.05, 3.63) is 28.8 Å². The van der Waals surface area contributed by atoms with Gasteiger partial charge in [0.2, 0.25) is 0 Å². The Morgan fingerprint density at radius 2 is 2.22 bits per heavy atom. The highest BCUT2D eigenvalue weighted by molar-refractivity contribution is 6.31. The maximum Gasteiger partial charge on any atom is 0.253 e. The van der Waals surface area contributed by atoms with Gasteiger partial charge in [-0.15, -0.1) is 0 Å². The number of carbonyl (C=O) groups excluding carboxylic acids is 1. The summed E-state index contributed by atoms with van der Waals surface area (Å²) in [6.45, 7) is 1.31. The molecule has 0 heterocycles. The van der Waals surface area contributed by atoms with Gasteiger partial charge in [0.25, 0.3) is 5.91 Å². The first-order valence-electron chi connectivity index (χ1n) is 5.67. The molecule has 0 fully saturated rings.